The molecule has 1 unspecified atom stereocenters. The van der Waals surface area contributed by atoms with Gasteiger partial charge in [0.1, 0.15) is 22.7 Å². The molecule has 0 aliphatic carbocycles. The first-order chi connectivity index (χ1) is 38.2. The molecule has 0 saturated carbocycles. The molecule has 0 spiro atoms. The lowest BCUT2D eigenvalue weighted by Crippen LogP contribution is -2.26. The van der Waals surface area contributed by atoms with Crippen LogP contribution in [0.2, 0.25) is 0 Å². The average Bonchev–Trinajstić information content (AvgIpc) is 3.86. The summed E-state index contributed by atoms with van der Waals surface area (Å²) in [6.45, 7) is 27.9. The summed E-state index contributed by atoms with van der Waals surface area (Å²) in [6, 6.07) is 77.0. The minimum absolute atomic E-state index is 0.0380. The van der Waals surface area contributed by atoms with Crippen LogP contribution in [0.3, 0.4) is 0 Å². The molecule has 11 aromatic rings. The van der Waals surface area contributed by atoms with E-state index in [0.717, 1.165) is 101 Å². The van der Waals surface area contributed by atoms with Gasteiger partial charge in [0.25, 0.3) is 0 Å². The fourth-order valence-corrected chi connectivity index (χ4v) is 12.3. The van der Waals surface area contributed by atoms with Gasteiger partial charge in [-0.15, -0.1) is 0 Å². The van der Waals surface area contributed by atoms with E-state index in [1.165, 1.54) is 44.5 Å². The molecule has 0 amide bonds. The van der Waals surface area contributed by atoms with Crippen LogP contribution in [0.15, 0.2) is 211 Å². The van der Waals surface area contributed by atoms with E-state index in [-0.39, 0.29) is 27.6 Å². The van der Waals surface area contributed by atoms with Gasteiger partial charge in [0, 0.05) is 38.9 Å². The van der Waals surface area contributed by atoms with Crippen molar-refractivity contribution in [1.29, 1.82) is 0 Å². The molecule has 3 heterocycles. The summed E-state index contributed by atoms with van der Waals surface area (Å²) in [5.41, 5.74) is 24.8. The first kappa shape index (κ1) is 51.1. The molecule has 10 aromatic carbocycles. The second kappa shape index (κ2) is 18.6. The lowest BCUT2D eigenvalue weighted by Gasteiger charge is -2.43. The molecular weight excluding hydrogens is 971 g/mol. The zero-order chi connectivity index (χ0) is 55.6. The van der Waals surface area contributed by atoms with Crippen LogP contribution in [0.4, 0.5) is 17.1 Å². The highest BCUT2D eigenvalue weighted by molar-refractivity contribution is 6.17. The van der Waals surface area contributed by atoms with Crippen LogP contribution < -0.4 is 9.64 Å². The van der Waals surface area contributed by atoms with Crippen molar-refractivity contribution < 1.29 is 9.15 Å². The number of rotatable bonds is 6. The summed E-state index contributed by atoms with van der Waals surface area (Å²) in [5.74, 6) is 1.56. The summed E-state index contributed by atoms with van der Waals surface area (Å²) in [4.78, 5) is 2.59. The lowest BCUT2D eigenvalue weighted by atomic mass is 9.75. The highest BCUT2D eigenvalue weighted by Crippen LogP contribution is 2.63. The van der Waals surface area contributed by atoms with E-state index in [1.807, 2.05) is 0 Å². The third-order valence-electron chi connectivity index (χ3n) is 16.9. The summed E-state index contributed by atoms with van der Waals surface area (Å²) in [5, 5.41) is 2.17. The minimum Gasteiger partial charge on any atom is -0.457 e. The van der Waals surface area contributed by atoms with Crippen molar-refractivity contribution >= 4 is 39.0 Å². The van der Waals surface area contributed by atoms with Gasteiger partial charge in [-0.05, 0) is 136 Å². The summed E-state index contributed by atoms with van der Waals surface area (Å²) < 4.78 is 14.6. The Hall–Kier alpha value is -8.40. The van der Waals surface area contributed by atoms with Crippen molar-refractivity contribution in [3.63, 3.8) is 0 Å². The Kier molecular flexibility index (Phi) is 11.9. The van der Waals surface area contributed by atoms with Crippen LogP contribution in [0.1, 0.15) is 128 Å². The Morgan fingerprint density at radius 3 is 1.41 bits per heavy atom. The fraction of sp³-hybridized carbons (Fsp3) is 0.221. The van der Waals surface area contributed by atoms with Crippen molar-refractivity contribution in [2.75, 3.05) is 4.90 Å². The highest BCUT2D eigenvalue weighted by atomic mass is 16.5. The smallest absolute Gasteiger partial charge is 0.145 e. The number of anilines is 3. The van der Waals surface area contributed by atoms with Gasteiger partial charge in [0.2, 0.25) is 0 Å². The van der Waals surface area contributed by atoms with Gasteiger partial charge in [-0.3, -0.25) is 0 Å². The van der Waals surface area contributed by atoms with Crippen LogP contribution >= 0.6 is 0 Å². The van der Waals surface area contributed by atoms with Crippen molar-refractivity contribution in [2.45, 2.75) is 111 Å². The molecular formula is C77H71NO2. The van der Waals surface area contributed by atoms with Crippen molar-refractivity contribution in [1.82, 2.24) is 0 Å². The molecule has 3 heteroatoms. The largest absolute Gasteiger partial charge is 0.457 e. The third-order valence-corrected chi connectivity index (χ3v) is 16.9. The molecule has 0 saturated heterocycles. The molecule has 0 bridgehead atoms. The molecule has 0 fully saturated rings. The Bertz CT molecular complexity index is 4160. The lowest BCUT2D eigenvalue weighted by molar-refractivity contribution is 0.453. The summed E-state index contributed by atoms with van der Waals surface area (Å²) >= 11 is 0. The molecule has 1 aromatic heterocycles. The van der Waals surface area contributed by atoms with E-state index in [4.69, 9.17) is 9.15 Å². The topological polar surface area (TPSA) is 25.6 Å². The molecule has 0 N–H and O–H groups in total. The van der Waals surface area contributed by atoms with Crippen LogP contribution in [0.25, 0.3) is 77.6 Å². The summed E-state index contributed by atoms with van der Waals surface area (Å²) in [6.07, 6.45) is 0. The highest BCUT2D eigenvalue weighted by Gasteiger charge is 2.42. The first-order valence-corrected chi connectivity index (χ1v) is 28.6. The van der Waals surface area contributed by atoms with Crippen molar-refractivity contribution in [2.24, 2.45) is 0 Å². The normalized spacial score (nSPS) is 14.2. The average molecular weight is 1040 g/mol. The second-order valence-electron chi connectivity index (χ2n) is 26.6. The molecule has 1 atom stereocenters. The van der Waals surface area contributed by atoms with E-state index in [2.05, 4.69) is 294 Å². The first-order valence-electron chi connectivity index (χ1n) is 28.6. The zero-order valence-corrected chi connectivity index (χ0v) is 48.5. The Balaban J connectivity index is 1.18. The van der Waals surface area contributed by atoms with Crippen molar-refractivity contribution in [3.8, 4) is 67.1 Å². The number of hydrogen-bond donors (Lipinski definition) is 0. The van der Waals surface area contributed by atoms with Crippen LogP contribution in [-0.2, 0) is 21.7 Å². The Labute approximate surface area is 473 Å². The van der Waals surface area contributed by atoms with Crippen LogP contribution in [-0.4, -0.2) is 0 Å². The molecule has 396 valence electrons. The molecule has 2 aliphatic heterocycles. The van der Waals surface area contributed by atoms with E-state index in [9.17, 15) is 0 Å². The van der Waals surface area contributed by atoms with E-state index in [0.29, 0.717) is 0 Å². The Morgan fingerprint density at radius 1 is 0.350 bits per heavy atom. The predicted molar refractivity (Wildman–Crippen MR) is 338 cm³/mol. The standard InChI is InChI=1S/C77H71NO2/c1-74(2,3)55-36-52(37-56(44-55)75(4,5)6)50-33-35-67-63(40-50)70-60-34-32-51(53-38-57(76(7,8)9)45-58(39-53)77(10,11)12)41-64(60)78(65-42-54(43-68(79-67)71(65)70)47-24-16-13-17-25-47)72-61(48-26-18-14-19-27-48)46-62-59-30-22-23-31-66(59)80-73(62)69(72)49-28-20-15-21-29-49/h13-46,70H,1-12H3. The molecule has 3 nitrogen and oxygen atoms in total. The minimum atomic E-state index is -0.178. The third kappa shape index (κ3) is 8.83. The maximum absolute atomic E-state index is 7.41. The quantitative estimate of drug-likeness (QED) is 0.166. The number of ether oxygens (including phenoxy) is 1. The molecule has 2 aliphatic rings. The van der Waals surface area contributed by atoms with E-state index >= 15 is 0 Å². The monoisotopic (exact) mass is 1040 g/mol. The number of fused-ring (bicyclic) bond motifs is 7. The fourth-order valence-electron chi connectivity index (χ4n) is 12.3. The number of nitrogens with zero attached hydrogens (tertiary/aromatic N) is 1. The molecule has 0 radical (unpaired) electrons. The maximum atomic E-state index is 7.41. The predicted octanol–water partition coefficient (Wildman–Crippen LogP) is 22.2. The number of furan rings is 1. The SMILES string of the molecule is CC(C)(C)c1cc(-c2ccc3c(c2)C2c4ccc(-c5cc(C(C)(C)C)cc(C(C)(C)C)c5)cc4N(c4c(-c5ccccc5)cc5c(oc6ccccc65)c4-c4ccccc4)c4cc(-c5ccccc5)cc(c42)O3)cc(C(C)(C)C)c1. The number of hydrogen-bond acceptors (Lipinski definition) is 3. The van der Waals surface area contributed by atoms with Crippen molar-refractivity contribution in [3.05, 3.63) is 245 Å². The van der Waals surface area contributed by atoms with Gasteiger partial charge in [-0.1, -0.05) is 247 Å². The maximum Gasteiger partial charge on any atom is 0.145 e. The van der Waals surface area contributed by atoms with E-state index < -0.39 is 0 Å². The van der Waals surface area contributed by atoms with Crippen LogP contribution in [0, 0.1) is 0 Å². The second-order valence-corrected chi connectivity index (χ2v) is 26.6. The van der Waals surface area contributed by atoms with Gasteiger partial charge in [-0.2, -0.15) is 0 Å². The zero-order valence-electron chi connectivity index (χ0n) is 48.5. The van der Waals surface area contributed by atoms with Gasteiger partial charge >= 0.3 is 0 Å². The van der Waals surface area contributed by atoms with Gasteiger partial charge in [0.05, 0.1) is 17.1 Å². The molecule has 80 heavy (non-hydrogen) atoms. The molecule has 13 rings (SSSR count). The summed E-state index contributed by atoms with van der Waals surface area (Å²) in [7, 11) is 0. The van der Waals surface area contributed by atoms with E-state index in [1.54, 1.807) is 0 Å². The number of benzene rings is 10. The van der Waals surface area contributed by atoms with Crippen LogP contribution in [0.5, 0.6) is 11.5 Å². The Morgan fingerprint density at radius 2 is 0.838 bits per heavy atom. The van der Waals surface area contributed by atoms with Gasteiger partial charge in [0.15, 0.2) is 0 Å². The number of para-hydroxylation sites is 1. The van der Waals surface area contributed by atoms with Gasteiger partial charge < -0.3 is 14.1 Å². The van der Waals surface area contributed by atoms with Gasteiger partial charge in [-0.25, -0.2) is 0 Å².